The molecule has 1 aromatic carbocycles. The normalized spacial score (nSPS) is 17.8. The lowest BCUT2D eigenvalue weighted by atomic mass is 9.97. The summed E-state index contributed by atoms with van der Waals surface area (Å²) in [5, 5.41) is 10.0. The first-order valence-corrected chi connectivity index (χ1v) is 8.69. The minimum atomic E-state index is -0.0401. The highest BCUT2D eigenvalue weighted by molar-refractivity contribution is 5.91. The molecule has 1 aliphatic carbocycles. The standard InChI is InChI=1S/C18H22N4O2/c23-18(17-11-19-21-20-17)22-8-6-13(7-9-22)12-24-16-5-4-14-2-1-3-15(14)10-16/h4-5,10-11,13H,1-3,6-9,12H2,(H,19,20,21). The summed E-state index contributed by atoms with van der Waals surface area (Å²) in [6.45, 7) is 2.23. The van der Waals surface area contributed by atoms with Crippen LogP contribution in [-0.4, -0.2) is 45.9 Å². The number of carbonyl (C=O) groups excluding carboxylic acids is 1. The predicted molar refractivity (Wildman–Crippen MR) is 89.0 cm³/mol. The Hall–Kier alpha value is -2.37. The summed E-state index contributed by atoms with van der Waals surface area (Å²) in [4.78, 5) is 14.1. The molecule has 1 aromatic heterocycles. The Labute approximate surface area is 141 Å². The van der Waals surface area contributed by atoms with Gasteiger partial charge < -0.3 is 9.64 Å². The summed E-state index contributed by atoms with van der Waals surface area (Å²) in [6, 6.07) is 6.50. The molecule has 4 rings (SSSR count). The van der Waals surface area contributed by atoms with E-state index in [2.05, 4.69) is 33.6 Å². The first-order valence-electron chi connectivity index (χ1n) is 8.69. The number of benzene rings is 1. The summed E-state index contributed by atoms with van der Waals surface area (Å²) in [7, 11) is 0. The molecule has 0 saturated carbocycles. The Morgan fingerprint density at radius 3 is 2.88 bits per heavy atom. The van der Waals surface area contributed by atoms with Gasteiger partial charge in [-0.25, -0.2) is 0 Å². The largest absolute Gasteiger partial charge is 0.493 e. The van der Waals surface area contributed by atoms with Crippen molar-refractivity contribution in [3.8, 4) is 5.75 Å². The predicted octanol–water partition coefficient (Wildman–Crippen LogP) is 2.22. The number of rotatable bonds is 4. The Balaban J connectivity index is 1.27. The molecule has 1 aliphatic heterocycles. The lowest BCUT2D eigenvalue weighted by Crippen LogP contribution is -2.39. The number of aromatic amines is 1. The van der Waals surface area contributed by atoms with Crippen molar-refractivity contribution in [2.75, 3.05) is 19.7 Å². The number of nitrogens with one attached hydrogen (secondary N) is 1. The molecule has 6 nitrogen and oxygen atoms in total. The molecule has 2 heterocycles. The number of H-pyrrole nitrogens is 1. The summed E-state index contributed by atoms with van der Waals surface area (Å²) in [5.74, 6) is 1.44. The third kappa shape index (κ3) is 3.13. The van der Waals surface area contributed by atoms with Crippen LogP contribution in [0.1, 0.15) is 40.9 Å². The number of nitrogens with zero attached hydrogens (tertiary/aromatic N) is 3. The van der Waals surface area contributed by atoms with Gasteiger partial charge in [0.05, 0.1) is 12.8 Å². The monoisotopic (exact) mass is 326 g/mol. The Morgan fingerprint density at radius 2 is 2.08 bits per heavy atom. The topological polar surface area (TPSA) is 71.1 Å². The van der Waals surface area contributed by atoms with Crippen LogP contribution in [0.2, 0.25) is 0 Å². The van der Waals surface area contributed by atoms with Gasteiger partial charge >= 0.3 is 0 Å². The van der Waals surface area contributed by atoms with Crippen molar-refractivity contribution < 1.29 is 9.53 Å². The highest BCUT2D eigenvalue weighted by atomic mass is 16.5. The van der Waals surface area contributed by atoms with E-state index in [1.54, 1.807) is 0 Å². The van der Waals surface area contributed by atoms with Crippen LogP contribution in [0.4, 0.5) is 0 Å². The van der Waals surface area contributed by atoms with Gasteiger partial charge in [-0.15, -0.1) is 0 Å². The van der Waals surface area contributed by atoms with Gasteiger partial charge in [0.25, 0.3) is 5.91 Å². The molecular weight excluding hydrogens is 304 g/mol. The number of piperidine rings is 1. The number of carbonyl (C=O) groups is 1. The highest BCUT2D eigenvalue weighted by Crippen LogP contribution is 2.27. The maximum absolute atomic E-state index is 12.2. The average molecular weight is 326 g/mol. The number of aryl methyl sites for hydroxylation is 2. The van der Waals surface area contributed by atoms with Gasteiger partial charge in [-0.2, -0.15) is 15.4 Å². The summed E-state index contributed by atoms with van der Waals surface area (Å²) >= 11 is 0. The fraction of sp³-hybridized carbons (Fsp3) is 0.500. The third-order valence-corrected chi connectivity index (χ3v) is 5.09. The first kappa shape index (κ1) is 15.2. The number of aromatic nitrogens is 3. The van der Waals surface area contributed by atoms with Crippen molar-refractivity contribution in [3.05, 3.63) is 41.2 Å². The zero-order valence-corrected chi connectivity index (χ0v) is 13.7. The van der Waals surface area contributed by atoms with Crippen molar-refractivity contribution in [1.29, 1.82) is 0 Å². The van der Waals surface area contributed by atoms with E-state index in [0.717, 1.165) is 38.3 Å². The zero-order valence-electron chi connectivity index (χ0n) is 13.7. The van der Waals surface area contributed by atoms with Crippen molar-refractivity contribution in [2.45, 2.75) is 32.1 Å². The molecule has 1 fully saturated rings. The lowest BCUT2D eigenvalue weighted by Gasteiger charge is -2.31. The molecule has 0 bridgehead atoms. The van der Waals surface area contributed by atoms with Gasteiger partial charge in [-0.05, 0) is 61.3 Å². The second-order valence-corrected chi connectivity index (χ2v) is 6.69. The summed E-state index contributed by atoms with van der Waals surface area (Å²) in [5.41, 5.74) is 3.31. The van der Waals surface area contributed by atoms with Gasteiger partial charge in [0, 0.05) is 13.1 Å². The number of likely N-dealkylation sites (tertiary alicyclic amines) is 1. The molecule has 0 unspecified atom stereocenters. The van der Waals surface area contributed by atoms with Gasteiger partial charge in [0.15, 0.2) is 5.69 Å². The van der Waals surface area contributed by atoms with Crippen LogP contribution in [0.15, 0.2) is 24.4 Å². The number of hydrogen-bond donors (Lipinski definition) is 1. The van der Waals surface area contributed by atoms with Crippen LogP contribution in [0.25, 0.3) is 0 Å². The molecule has 1 saturated heterocycles. The molecule has 1 N–H and O–H groups in total. The first-order chi connectivity index (χ1) is 11.8. The number of fused-ring (bicyclic) bond motifs is 1. The second kappa shape index (κ2) is 6.63. The van der Waals surface area contributed by atoms with E-state index in [-0.39, 0.29) is 5.91 Å². The van der Waals surface area contributed by atoms with Crippen LogP contribution >= 0.6 is 0 Å². The molecule has 1 amide bonds. The van der Waals surface area contributed by atoms with E-state index in [4.69, 9.17) is 4.74 Å². The molecule has 0 radical (unpaired) electrons. The smallest absolute Gasteiger partial charge is 0.276 e. The second-order valence-electron chi connectivity index (χ2n) is 6.69. The van der Waals surface area contributed by atoms with Crippen LogP contribution < -0.4 is 4.74 Å². The summed E-state index contributed by atoms with van der Waals surface area (Å²) in [6.07, 6.45) is 7.05. The molecule has 2 aromatic rings. The summed E-state index contributed by atoms with van der Waals surface area (Å²) < 4.78 is 6.01. The molecular formula is C18H22N4O2. The van der Waals surface area contributed by atoms with Gasteiger partial charge in [-0.1, -0.05) is 6.07 Å². The van der Waals surface area contributed by atoms with Gasteiger partial charge in [0.1, 0.15) is 5.75 Å². The van der Waals surface area contributed by atoms with Crippen molar-refractivity contribution in [1.82, 2.24) is 20.3 Å². The van der Waals surface area contributed by atoms with Crippen molar-refractivity contribution in [2.24, 2.45) is 5.92 Å². The third-order valence-electron chi connectivity index (χ3n) is 5.09. The maximum Gasteiger partial charge on any atom is 0.276 e. The van der Waals surface area contributed by atoms with Crippen LogP contribution in [-0.2, 0) is 12.8 Å². The van der Waals surface area contributed by atoms with E-state index in [9.17, 15) is 4.79 Å². The number of amides is 1. The lowest BCUT2D eigenvalue weighted by molar-refractivity contribution is 0.0655. The number of hydrogen-bond acceptors (Lipinski definition) is 4. The van der Waals surface area contributed by atoms with Crippen LogP contribution in [0.5, 0.6) is 5.75 Å². The minimum Gasteiger partial charge on any atom is -0.493 e. The van der Waals surface area contributed by atoms with Gasteiger partial charge in [-0.3, -0.25) is 4.79 Å². The molecule has 6 heteroatoms. The minimum absolute atomic E-state index is 0.0401. The zero-order chi connectivity index (χ0) is 16.4. The van der Waals surface area contributed by atoms with Crippen molar-refractivity contribution in [3.63, 3.8) is 0 Å². The fourth-order valence-corrected chi connectivity index (χ4v) is 3.62. The Bertz CT molecular complexity index is 706. The van der Waals surface area contributed by atoms with E-state index in [0.29, 0.717) is 11.6 Å². The number of ether oxygens (including phenoxy) is 1. The Morgan fingerprint density at radius 1 is 1.25 bits per heavy atom. The van der Waals surface area contributed by atoms with Gasteiger partial charge in [0.2, 0.25) is 0 Å². The van der Waals surface area contributed by atoms with E-state index < -0.39 is 0 Å². The van der Waals surface area contributed by atoms with Crippen LogP contribution in [0, 0.1) is 5.92 Å². The molecule has 2 aliphatic rings. The maximum atomic E-state index is 12.2. The average Bonchev–Trinajstić information content (AvgIpc) is 3.31. The van der Waals surface area contributed by atoms with E-state index in [1.807, 2.05) is 4.90 Å². The highest BCUT2D eigenvalue weighted by Gasteiger charge is 2.25. The molecule has 126 valence electrons. The SMILES string of the molecule is O=C(c1cn[nH]n1)N1CCC(COc2ccc3c(c2)CCC3)CC1. The molecule has 0 atom stereocenters. The van der Waals surface area contributed by atoms with Crippen molar-refractivity contribution >= 4 is 5.91 Å². The van der Waals surface area contributed by atoms with E-state index >= 15 is 0 Å². The Kier molecular flexibility index (Phi) is 4.19. The molecule has 24 heavy (non-hydrogen) atoms. The molecule has 0 spiro atoms. The van der Waals surface area contributed by atoms with Crippen LogP contribution in [0.3, 0.4) is 0 Å². The fourth-order valence-electron chi connectivity index (χ4n) is 3.62. The quantitative estimate of drug-likeness (QED) is 0.935. The van der Waals surface area contributed by atoms with E-state index in [1.165, 1.54) is 36.6 Å².